The number of aromatic nitrogens is 2. The molecular formula is C15H23N3O. The molecule has 2 aromatic heterocycles. The van der Waals surface area contributed by atoms with Crippen LogP contribution in [0.25, 0.3) is 0 Å². The van der Waals surface area contributed by atoms with Crippen molar-refractivity contribution in [2.45, 2.75) is 46.2 Å². The van der Waals surface area contributed by atoms with Crippen molar-refractivity contribution in [1.29, 1.82) is 0 Å². The number of nitrogens with one attached hydrogen (secondary N) is 1. The van der Waals surface area contributed by atoms with E-state index < -0.39 is 0 Å². The molecule has 2 rings (SSSR count). The zero-order valence-electron chi connectivity index (χ0n) is 12.0. The van der Waals surface area contributed by atoms with Crippen LogP contribution in [-0.2, 0) is 13.0 Å². The summed E-state index contributed by atoms with van der Waals surface area (Å²) >= 11 is 0. The Morgan fingerprint density at radius 1 is 1.42 bits per heavy atom. The fourth-order valence-electron chi connectivity index (χ4n) is 2.27. The SMILES string of the molecule is CCCNC(Cc1nccn1CC)c1coc(C)c1. The summed E-state index contributed by atoms with van der Waals surface area (Å²) in [5, 5.41) is 3.58. The van der Waals surface area contributed by atoms with E-state index in [1.54, 1.807) is 0 Å². The fourth-order valence-corrected chi connectivity index (χ4v) is 2.27. The lowest BCUT2D eigenvalue weighted by Gasteiger charge is -2.17. The van der Waals surface area contributed by atoms with E-state index in [4.69, 9.17) is 4.42 Å². The van der Waals surface area contributed by atoms with E-state index in [2.05, 4.69) is 34.8 Å². The molecule has 0 aliphatic carbocycles. The normalized spacial score (nSPS) is 12.8. The molecule has 0 saturated heterocycles. The summed E-state index contributed by atoms with van der Waals surface area (Å²) in [6.07, 6.45) is 7.76. The van der Waals surface area contributed by atoms with Gasteiger partial charge < -0.3 is 14.3 Å². The molecule has 0 aliphatic rings. The number of furan rings is 1. The number of aryl methyl sites for hydroxylation is 2. The summed E-state index contributed by atoms with van der Waals surface area (Å²) in [7, 11) is 0. The summed E-state index contributed by atoms with van der Waals surface area (Å²) in [5.74, 6) is 2.08. The molecule has 0 fully saturated rings. The first kappa shape index (κ1) is 13.9. The highest BCUT2D eigenvalue weighted by Gasteiger charge is 2.16. The molecule has 1 atom stereocenters. The Morgan fingerprint density at radius 3 is 2.89 bits per heavy atom. The highest BCUT2D eigenvalue weighted by Crippen LogP contribution is 2.20. The summed E-state index contributed by atoms with van der Waals surface area (Å²) < 4.78 is 7.62. The molecule has 104 valence electrons. The molecule has 0 amide bonds. The lowest BCUT2D eigenvalue weighted by molar-refractivity contribution is 0.490. The molecule has 0 saturated carbocycles. The monoisotopic (exact) mass is 261 g/mol. The zero-order valence-corrected chi connectivity index (χ0v) is 12.0. The maximum Gasteiger partial charge on any atom is 0.110 e. The Bertz CT molecular complexity index is 501. The Morgan fingerprint density at radius 2 is 2.26 bits per heavy atom. The highest BCUT2D eigenvalue weighted by atomic mass is 16.3. The van der Waals surface area contributed by atoms with Gasteiger partial charge in [0, 0.05) is 37.0 Å². The molecule has 4 nitrogen and oxygen atoms in total. The predicted octanol–water partition coefficient (Wildman–Crippen LogP) is 3.09. The molecular weight excluding hydrogens is 238 g/mol. The maximum absolute atomic E-state index is 5.43. The van der Waals surface area contributed by atoms with Crippen LogP contribution in [0.15, 0.2) is 29.1 Å². The van der Waals surface area contributed by atoms with E-state index >= 15 is 0 Å². The van der Waals surface area contributed by atoms with Gasteiger partial charge in [-0.25, -0.2) is 4.98 Å². The van der Waals surface area contributed by atoms with Crippen molar-refractivity contribution in [3.8, 4) is 0 Å². The number of nitrogens with zero attached hydrogens (tertiary/aromatic N) is 2. The first-order chi connectivity index (χ1) is 9.24. The third-order valence-electron chi connectivity index (χ3n) is 3.32. The van der Waals surface area contributed by atoms with Gasteiger partial charge in [-0.3, -0.25) is 0 Å². The summed E-state index contributed by atoms with van der Waals surface area (Å²) in [5.41, 5.74) is 1.21. The fraction of sp³-hybridized carbons (Fsp3) is 0.533. The zero-order chi connectivity index (χ0) is 13.7. The molecule has 2 aromatic rings. The van der Waals surface area contributed by atoms with Crippen LogP contribution >= 0.6 is 0 Å². The standard InChI is InChI=1S/C15H23N3O/c1-4-6-16-14(13-9-12(3)19-11-13)10-15-17-7-8-18(15)5-2/h7-9,11,14,16H,4-6,10H2,1-3H3. The van der Waals surface area contributed by atoms with Crippen LogP contribution in [0.5, 0.6) is 0 Å². The van der Waals surface area contributed by atoms with Gasteiger partial charge in [-0.05, 0) is 32.9 Å². The molecule has 4 heteroatoms. The Labute approximate surface area is 114 Å². The van der Waals surface area contributed by atoms with Gasteiger partial charge in [-0.1, -0.05) is 6.92 Å². The van der Waals surface area contributed by atoms with E-state index in [0.29, 0.717) is 0 Å². The second-order valence-corrected chi connectivity index (χ2v) is 4.83. The minimum atomic E-state index is 0.269. The Kier molecular flexibility index (Phi) is 4.80. The van der Waals surface area contributed by atoms with Crippen LogP contribution in [0.4, 0.5) is 0 Å². The second-order valence-electron chi connectivity index (χ2n) is 4.83. The van der Waals surface area contributed by atoms with Crippen molar-refractivity contribution in [3.05, 3.63) is 41.9 Å². The maximum atomic E-state index is 5.43. The van der Waals surface area contributed by atoms with E-state index in [1.807, 2.05) is 25.6 Å². The minimum Gasteiger partial charge on any atom is -0.469 e. The van der Waals surface area contributed by atoms with Crippen LogP contribution in [0.3, 0.4) is 0 Å². The molecule has 19 heavy (non-hydrogen) atoms. The number of rotatable bonds is 7. The van der Waals surface area contributed by atoms with Crippen molar-refractivity contribution < 1.29 is 4.42 Å². The molecule has 0 spiro atoms. The van der Waals surface area contributed by atoms with Gasteiger partial charge in [0.15, 0.2) is 0 Å². The van der Waals surface area contributed by atoms with E-state index in [1.165, 1.54) is 5.56 Å². The van der Waals surface area contributed by atoms with E-state index in [9.17, 15) is 0 Å². The number of hydrogen-bond acceptors (Lipinski definition) is 3. The van der Waals surface area contributed by atoms with Gasteiger partial charge in [0.2, 0.25) is 0 Å². The van der Waals surface area contributed by atoms with Gasteiger partial charge in [0.05, 0.1) is 6.26 Å². The van der Waals surface area contributed by atoms with Gasteiger partial charge in [0.1, 0.15) is 11.6 Å². The van der Waals surface area contributed by atoms with Crippen molar-refractivity contribution in [2.24, 2.45) is 0 Å². The van der Waals surface area contributed by atoms with Gasteiger partial charge in [-0.2, -0.15) is 0 Å². The van der Waals surface area contributed by atoms with Crippen LogP contribution in [0, 0.1) is 6.92 Å². The smallest absolute Gasteiger partial charge is 0.110 e. The van der Waals surface area contributed by atoms with Gasteiger partial charge in [0.25, 0.3) is 0 Å². The Balaban J connectivity index is 2.14. The molecule has 2 heterocycles. The average Bonchev–Trinajstić information content (AvgIpc) is 3.02. The van der Waals surface area contributed by atoms with Crippen LogP contribution < -0.4 is 5.32 Å². The Hall–Kier alpha value is -1.55. The van der Waals surface area contributed by atoms with Crippen LogP contribution in [-0.4, -0.2) is 16.1 Å². The van der Waals surface area contributed by atoms with Crippen LogP contribution in [0.1, 0.15) is 43.5 Å². The van der Waals surface area contributed by atoms with Crippen molar-refractivity contribution in [1.82, 2.24) is 14.9 Å². The van der Waals surface area contributed by atoms with Gasteiger partial charge >= 0.3 is 0 Å². The van der Waals surface area contributed by atoms with E-state index in [-0.39, 0.29) is 6.04 Å². The summed E-state index contributed by atoms with van der Waals surface area (Å²) in [6.45, 7) is 8.26. The van der Waals surface area contributed by atoms with E-state index in [0.717, 1.165) is 37.5 Å². The van der Waals surface area contributed by atoms with Crippen molar-refractivity contribution in [3.63, 3.8) is 0 Å². The highest BCUT2D eigenvalue weighted by molar-refractivity contribution is 5.18. The number of imidazole rings is 1. The first-order valence-electron chi connectivity index (χ1n) is 7.03. The van der Waals surface area contributed by atoms with Crippen molar-refractivity contribution >= 4 is 0 Å². The molecule has 0 bridgehead atoms. The largest absolute Gasteiger partial charge is 0.469 e. The molecule has 1 N–H and O–H groups in total. The molecule has 0 aliphatic heterocycles. The second kappa shape index (κ2) is 6.57. The lowest BCUT2D eigenvalue weighted by atomic mass is 10.1. The molecule has 0 radical (unpaired) electrons. The quantitative estimate of drug-likeness (QED) is 0.833. The van der Waals surface area contributed by atoms with Gasteiger partial charge in [-0.15, -0.1) is 0 Å². The molecule has 1 unspecified atom stereocenters. The predicted molar refractivity (Wildman–Crippen MR) is 76.1 cm³/mol. The summed E-state index contributed by atoms with van der Waals surface area (Å²) in [6, 6.07) is 2.37. The van der Waals surface area contributed by atoms with Crippen LogP contribution in [0.2, 0.25) is 0 Å². The third kappa shape index (κ3) is 3.47. The average molecular weight is 261 g/mol. The minimum absolute atomic E-state index is 0.269. The third-order valence-corrected chi connectivity index (χ3v) is 3.32. The topological polar surface area (TPSA) is 43.0 Å². The summed E-state index contributed by atoms with van der Waals surface area (Å²) in [4.78, 5) is 4.46. The number of hydrogen-bond donors (Lipinski definition) is 1. The van der Waals surface area contributed by atoms with Crippen molar-refractivity contribution in [2.75, 3.05) is 6.54 Å². The first-order valence-corrected chi connectivity index (χ1v) is 7.03. The lowest BCUT2D eigenvalue weighted by Crippen LogP contribution is -2.25. The molecule has 0 aromatic carbocycles.